The molecule has 5 aromatic carbocycles. The fourth-order valence-corrected chi connectivity index (χ4v) is 7.46. The first-order chi connectivity index (χ1) is 37.4. The molecule has 0 saturated carbocycles. The van der Waals surface area contributed by atoms with Crippen LogP contribution in [0.25, 0.3) is 87.2 Å². The summed E-state index contributed by atoms with van der Waals surface area (Å²) in [5.74, 6) is -2.67. The van der Waals surface area contributed by atoms with Crippen molar-refractivity contribution in [3.63, 3.8) is 0 Å². The van der Waals surface area contributed by atoms with E-state index >= 15 is 0 Å². The average molecular weight is 1210 g/mol. The first-order valence-corrected chi connectivity index (χ1v) is 25.0. The number of carboxylic acids is 2. The van der Waals surface area contributed by atoms with Gasteiger partial charge in [0.1, 0.15) is 0 Å². The number of hydrogen-bond acceptors (Lipinski definition) is 20. The van der Waals surface area contributed by atoms with Crippen LogP contribution < -0.4 is 47.5 Å². The number of benzene rings is 5. The van der Waals surface area contributed by atoms with Crippen molar-refractivity contribution in [1.82, 2.24) is 39.9 Å². The molecule has 0 aliphatic heterocycles. The Labute approximate surface area is 478 Å². The van der Waals surface area contributed by atoms with Crippen molar-refractivity contribution in [3.05, 3.63) is 231 Å². The number of pyridine rings is 8. The van der Waals surface area contributed by atoms with Gasteiger partial charge in [-0.05, 0) is 59.7 Å². The van der Waals surface area contributed by atoms with Gasteiger partial charge >= 0.3 is 34.1 Å². The number of nitrogens with zero attached hydrogens (tertiary/aromatic N) is 8. The number of carbonyl (C=O) groups is 2. The van der Waals surface area contributed by atoms with E-state index < -0.39 is 32.4 Å². The van der Waals surface area contributed by atoms with Crippen LogP contribution in [0.15, 0.2) is 219 Å². The Hall–Kier alpha value is -8.38. The summed E-state index contributed by atoms with van der Waals surface area (Å²) in [6, 6.07) is 53.2. The van der Waals surface area contributed by atoms with Gasteiger partial charge in [0.25, 0.3) is 0 Å². The number of aromatic carboxylic acids is 2. The van der Waals surface area contributed by atoms with E-state index in [2.05, 4.69) is 137 Å². The topological polar surface area (TPSA) is 368 Å². The Morgan fingerprint density at radius 2 is 0.375 bits per heavy atom. The molecule has 80 heavy (non-hydrogen) atoms. The summed E-state index contributed by atoms with van der Waals surface area (Å²) in [6.07, 6.45) is 14.4. The van der Waals surface area contributed by atoms with Crippen LogP contribution in [-0.4, -0.2) is 51.8 Å². The quantitative estimate of drug-likeness (QED) is 0.163. The second-order valence-electron chi connectivity index (χ2n) is 15.8. The van der Waals surface area contributed by atoms with Crippen LogP contribution in [0.3, 0.4) is 0 Å². The van der Waals surface area contributed by atoms with Crippen molar-refractivity contribution < 1.29 is 112 Å². The molecular weight excluding hydrogens is 1170 g/mol. The number of aromatic nitrogens is 8. The van der Waals surface area contributed by atoms with E-state index in [0.29, 0.717) is 0 Å². The van der Waals surface area contributed by atoms with Crippen LogP contribution in [0.1, 0.15) is 20.7 Å². The maximum Gasteiger partial charge on any atom is 2.00 e. The maximum atomic E-state index is 10.2. The molecule has 2 radical (unpaired) electrons. The number of carbonyl (C=O) groups excluding carboxylic acids is 2. The van der Waals surface area contributed by atoms with Gasteiger partial charge in [-0.2, -0.15) is 0 Å². The van der Waals surface area contributed by atoms with Gasteiger partial charge in [-0.3, -0.25) is 39.9 Å². The second-order valence-corrected chi connectivity index (χ2v) is 17.3. The van der Waals surface area contributed by atoms with E-state index in [4.69, 9.17) is 37.3 Å². The molecule has 13 aromatic rings. The third-order valence-electron chi connectivity index (χ3n) is 10.7. The van der Waals surface area contributed by atoms with Gasteiger partial charge in [0.15, 0.2) is 0 Å². The van der Waals surface area contributed by atoms with Crippen molar-refractivity contribution in [2.45, 2.75) is 0 Å². The third kappa shape index (κ3) is 18.4. The molecule has 0 spiro atoms. The van der Waals surface area contributed by atoms with Crippen LogP contribution in [0, 0.1) is 20.5 Å². The van der Waals surface area contributed by atoms with Gasteiger partial charge in [-0.25, -0.2) is 37.3 Å². The zero-order chi connectivity index (χ0) is 55.7. The van der Waals surface area contributed by atoms with Gasteiger partial charge < -0.3 is 19.8 Å². The van der Waals surface area contributed by atoms with Gasteiger partial charge in [-0.15, -0.1) is 20.5 Å². The summed E-state index contributed by atoms with van der Waals surface area (Å²) in [5.41, 5.74) is 7.71. The first-order valence-electron chi connectivity index (χ1n) is 22.5. The largest absolute Gasteiger partial charge is 2.00 e. The number of carboxylic acid groups (broad SMARTS) is 2. The Morgan fingerprint density at radius 3 is 0.487 bits per heavy atom. The van der Waals surface area contributed by atoms with Gasteiger partial charge in [-0.1, -0.05) is 121 Å². The summed E-state index contributed by atoms with van der Waals surface area (Å²) >= 11 is 0. The molecule has 0 aliphatic carbocycles. The molecule has 0 saturated heterocycles. The molecule has 8 heterocycles. The SMILES string of the molecule is O=C([O-])c1ccc(C(=O)[O-])cc1.[Cu+2].[Cu+2].[O-][Cl+3]([O-])([O-])[O-].[O-][Cl+3]([O-])([O-])[O-].c1cnc2c(c1)ccc1cccnc12.c1cnc2c(c1)ccc1cccnc12.c1cnc2c(c1)ccc1cccnc12.c1cnc2c(c1)ccc1cccnc12. The molecule has 0 N–H and O–H groups in total. The molecule has 0 bridgehead atoms. The van der Waals surface area contributed by atoms with Gasteiger partial charge in [0.05, 0.1) is 56.1 Å². The normalized spacial score (nSPS) is 10.5. The summed E-state index contributed by atoms with van der Waals surface area (Å²) in [7, 11) is -9.89. The van der Waals surface area contributed by atoms with Crippen molar-refractivity contribution in [3.8, 4) is 0 Å². The van der Waals surface area contributed by atoms with Crippen LogP contribution in [0.5, 0.6) is 0 Å². The fourth-order valence-electron chi connectivity index (χ4n) is 7.46. The molecule has 24 heteroatoms. The van der Waals surface area contributed by atoms with E-state index in [-0.39, 0.29) is 45.3 Å². The monoisotopic (exact) mass is 1210 g/mol. The van der Waals surface area contributed by atoms with Crippen LogP contribution in [0.4, 0.5) is 0 Å². The van der Waals surface area contributed by atoms with E-state index in [0.717, 1.165) is 111 Å². The Kier molecular flexibility index (Phi) is 23.1. The number of rotatable bonds is 2. The Bertz CT molecular complexity index is 3450. The number of halogens is 2. The van der Waals surface area contributed by atoms with Crippen molar-refractivity contribution in [1.29, 1.82) is 0 Å². The summed E-state index contributed by atoms with van der Waals surface area (Å²) in [4.78, 5) is 55.2. The minimum absolute atomic E-state index is 0. The smallest absolute Gasteiger partial charge is 0.545 e. The van der Waals surface area contributed by atoms with E-state index in [1.54, 1.807) is 49.6 Å². The fraction of sp³-hybridized carbons (Fsp3) is 0. The third-order valence-corrected chi connectivity index (χ3v) is 10.7. The molecule has 0 fully saturated rings. The summed E-state index contributed by atoms with van der Waals surface area (Å²) in [6.45, 7) is 0. The van der Waals surface area contributed by atoms with Crippen molar-refractivity contribution >= 4 is 99.2 Å². The van der Waals surface area contributed by atoms with Crippen LogP contribution in [-0.2, 0) is 34.1 Å². The van der Waals surface area contributed by atoms with E-state index in [9.17, 15) is 19.8 Å². The van der Waals surface area contributed by atoms with Gasteiger partial charge in [0.2, 0.25) is 0 Å². The van der Waals surface area contributed by atoms with E-state index in [1.807, 2.05) is 48.5 Å². The molecule has 0 aliphatic rings. The molecule has 0 unspecified atom stereocenters. The summed E-state index contributed by atoms with van der Waals surface area (Å²) in [5, 5.41) is 29.5. The Morgan fingerprint density at radius 1 is 0.250 bits per heavy atom. The Balaban J connectivity index is 0.000000175. The van der Waals surface area contributed by atoms with E-state index in [1.165, 1.54) is 0 Å². The maximum absolute atomic E-state index is 10.2. The number of fused-ring (bicyclic) bond motifs is 12. The predicted octanol–water partition coefficient (Wildman–Crippen LogP) is 0.0286. The zero-order valence-corrected chi connectivity index (χ0v) is 44.0. The zero-order valence-electron chi connectivity index (χ0n) is 40.6. The second kappa shape index (κ2) is 29.6. The molecule has 20 nitrogen and oxygen atoms in total. The minimum Gasteiger partial charge on any atom is -0.545 e. The van der Waals surface area contributed by atoms with Crippen LogP contribution in [0.2, 0.25) is 0 Å². The molecule has 0 amide bonds. The van der Waals surface area contributed by atoms with Crippen molar-refractivity contribution in [2.75, 3.05) is 0 Å². The molecular formula is C56H36Cl2Cu2N8O12. The van der Waals surface area contributed by atoms with Crippen molar-refractivity contribution in [2.24, 2.45) is 0 Å². The minimum atomic E-state index is -4.94. The molecule has 0 atom stereocenters. The first kappa shape index (κ1) is 62.5. The average Bonchev–Trinajstić information content (AvgIpc) is 3.45. The molecule has 8 aromatic heterocycles. The van der Waals surface area contributed by atoms with Crippen LogP contribution >= 0.6 is 0 Å². The summed E-state index contributed by atoms with van der Waals surface area (Å²) < 4.78 is 67.9. The number of hydrogen-bond donors (Lipinski definition) is 0. The standard InChI is InChI=1S/4C12H8N2.C8H6O4.2ClHO4.2Cu/c4*1-3-9-5-6-10-4-2-8-14-12(10)11(9)13-7-1;9-7(10)5-1-2-6(4-3-5)8(11)12;2*2-1(3,4)5;;/h4*1-8H;1-4H,(H,9,10)(H,11,12);2*(H,2,3,4,5);;/q;;;;;;;2*+2/p-4. The van der Waals surface area contributed by atoms with Gasteiger partial charge in [0, 0.05) is 92.7 Å². The molecule has 408 valence electrons. The predicted molar refractivity (Wildman–Crippen MR) is 263 cm³/mol. The molecule has 13 rings (SSSR count).